The van der Waals surface area contributed by atoms with Crippen LogP contribution in [0.3, 0.4) is 0 Å². The molecule has 0 bridgehead atoms. The molecule has 0 unspecified atom stereocenters. The monoisotopic (exact) mass is 314 g/mol. The second-order valence-corrected chi connectivity index (χ2v) is 4.82. The Hall–Kier alpha value is -2.86. The van der Waals surface area contributed by atoms with Crippen LogP contribution >= 0.6 is 0 Å². The molecule has 0 aromatic heterocycles. The molecule has 0 aliphatic heterocycles. The standard InChI is InChI=1S/C17H18N2O4/c1-2-10-23-15-9-8-13(17(21)19-22)11-14(15)18-16(20)12-6-4-3-5-7-12/h3-9,11,22H,2,10H2,1H3,(H,18,20)(H,19,21). The highest BCUT2D eigenvalue weighted by Gasteiger charge is 2.13. The molecule has 3 N–H and O–H groups in total. The second kappa shape index (κ2) is 7.95. The molecule has 0 aliphatic carbocycles. The summed E-state index contributed by atoms with van der Waals surface area (Å²) in [5.74, 6) is -0.513. The molecule has 0 saturated carbocycles. The maximum absolute atomic E-state index is 12.3. The summed E-state index contributed by atoms with van der Waals surface area (Å²) in [7, 11) is 0. The number of benzene rings is 2. The summed E-state index contributed by atoms with van der Waals surface area (Å²) < 4.78 is 5.58. The summed E-state index contributed by atoms with van der Waals surface area (Å²) in [5.41, 5.74) is 2.63. The van der Waals surface area contributed by atoms with E-state index in [1.165, 1.54) is 12.1 Å². The molecule has 2 aromatic rings. The van der Waals surface area contributed by atoms with E-state index in [9.17, 15) is 9.59 Å². The highest BCUT2D eigenvalue weighted by molar-refractivity contribution is 6.06. The Bertz CT molecular complexity index is 686. The SMILES string of the molecule is CCCOc1ccc(C(=O)NO)cc1NC(=O)c1ccccc1. The van der Waals surface area contributed by atoms with Gasteiger partial charge >= 0.3 is 0 Å². The van der Waals surface area contributed by atoms with Gasteiger partial charge < -0.3 is 10.1 Å². The maximum atomic E-state index is 12.3. The summed E-state index contributed by atoms with van der Waals surface area (Å²) in [6.45, 7) is 2.45. The molecule has 23 heavy (non-hydrogen) atoms. The maximum Gasteiger partial charge on any atom is 0.274 e. The van der Waals surface area contributed by atoms with Gasteiger partial charge in [-0.2, -0.15) is 0 Å². The van der Waals surface area contributed by atoms with Gasteiger partial charge in [0.05, 0.1) is 12.3 Å². The number of anilines is 1. The van der Waals surface area contributed by atoms with E-state index in [1.54, 1.807) is 35.8 Å². The molecule has 6 nitrogen and oxygen atoms in total. The Morgan fingerprint density at radius 3 is 2.43 bits per heavy atom. The van der Waals surface area contributed by atoms with Crippen molar-refractivity contribution >= 4 is 17.5 Å². The Morgan fingerprint density at radius 1 is 1.04 bits per heavy atom. The van der Waals surface area contributed by atoms with Crippen LogP contribution in [0, 0.1) is 0 Å². The van der Waals surface area contributed by atoms with Crippen molar-refractivity contribution in [1.29, 1.82) is 0 Å². The zero-order valence-corrected chi connectivity index (χ0v) is 12.7. The number of hydrogen-bond donors (Lipinski definition) is 3. The Kier molecular flexibility index (Phi) is 5.71. The van der Waals surface area contributed by atoms with Crippen molar-refractivity contribution in [2.75, 3.05) is 11.9 Å². The van der Waals surface area contributed by atoms with Crippen LogP contribution in [0.1, 0.15) is 34.1 Å². The van der Waals surface area contributed by atoms with Crippen LogP contribution in [0.25, 0.3) is 0 Å². The van der Waals surface area contributed by atoms with Gasteiger partial charge in [0.2, 0.25) is 0 Å². The zero-order chi connectivity index (χ0) is 16.7. The van der Waals surface area contributed by atoms with Crippen molar-refractivity contribution in [1.82, 2.24) is 5.48 Å². The molecule has 6 heteroatoms. The van der Waals surface area contributed by atoms with Crippen molar-refractivity contribution in [3.8, 4) is 5.75 Å². The van der Waals surface area contributed by atoms with Crippen LogP contribution in [0.2, 0.25) is 0 Å². The van der Waals surface area contributed by atoms with Gasteiger partial charge in [-0.1, -0.05) is 25.1 Å². The predicted octanol–water partition coefficient (Wildman–Crippen LogP) is 2.85. The topological polar surface area (TPSA) is 87.7 Å². The fourth-order valence-electron chi connectivity index (χ4n) is 1.96. The zero-order valence-electron chi connectivity index (χ0n) is 12.7. The van der Waals surface area contributed by atoms with Crippen molar-refractivity contribution < 1.29 is 19.5 Å². The number of hydrogen-bond acceptors (Lipinski definition) is 4. The van der Waals surface area contributed by atoms with Gasteiger partial charge in [-0.25, -0.2) is 5.48 Å². The Morgan fingerprint density at radius 2 is 1.78 bits per heavy atom. The normalized spacial score (nSPS) is 10.0. The highest BCUT2D eigenvalue weighted by Crippen LogP contribution is 2.26. The minimum Gasteiger partial charge on any atom is -0.491 e. The minimum absolute atomic E-state index is 0.208. The number of hydroxylamine groups is 1. The lowest BCUT2D eigenvalue weighted by molar-refractivity contribution is 0.0706. The van der Waals surface area contributed by atoms with E-state index >= 15 is 0 Å². The Balaban J connectivity index is 2.29. The molecule has 0 fully saturated rings. The molecule has 0 heterocycles. The van der Waals surface area contributed by atoms with Crippen molar-refractivity contribution in [3.05, 3.63) is 59.7 Å². The first-order valence-corrected chi connectivity index (χ1v) is 7.23. The van der Waals surface area contributed by atoms with Gasteiger partial charge in [-0.05, 0) is 36.8 Å². The van der Waals surface area contributed by atoms with Crippen molar-refractivity contribution in [2.45, 2.75) is 13.3 Å². The van der Waals surface area contributed by atoms with Gasteiger partial charge in [-0.3, -0.25) is 14.8 Å². The van der Waals surface area contributed by atoms with E-state index in [2.05, 4.69) is 5.32 Å². The average molecular weight is 314 g/mol. The largest absolute Gasteiger partial charge is 0.491 e. The third-order valence-corrected chi connectivity index (χ3v) is 3.09. The fraction of sp³-hybridized carbons (Fsp3) is 0.176. The van der Waals surface area contributed by atoms with E-state index in [0.717, 1.165) is 6.42 Å². The lowest BCUT2D eigenvalue weighted by atomic mass is 10.1. The first-order valence-electron chi connectivity index (χ1n) is 7.23. The summed E-state index contributed by atoms with van der Waals surface area (Å²) in [5, 5.41) is 11.5. The van der Waals surface area contributed by atoms with Crippen molar-refractivity contribution in [2.24, 2.45) is 0 Å². The summed E-state index contributed by atoms with van der Waals surface area (Å²) >= 11 is 0. The number of carbonyl (C=O) groups is 2. The number of nitrogens with one attached hydrogen (secondary N) is 2. The summed E-state index contributed by atoms with van der Waals surface area (Å²) in [6.07, 6.45) is 0.810. The van der Waals surface area contributed by atoms with Crippen LogP contribution in [0.15, 0.2) is 48.5 Å². The van der Waals surface area contributed by atoms with E-state index in [1.807, 2.05) is 13.0 Å². The van der Waals surface area contributed by atoms with E-state index in [4.69, 9.17) is 9.94 Å². The van der Waals surface area contributed by atoms with Crippen LogP contribution in [0.5, 0.6) is 5.75 Å². The molecule has 0 saturated heterocycles. The van der Waals surface area contributed by atoms with Gasteiger partial charge in [0, 0.05) is 11.1 Å². The average Bonchev–Trinajstić information content (AvgIpc) is 2.60. The molecule has 2 rings (SSSR count). The minimum atomic E-state index is -0.665. The third kappa shape index (κ3) is 4.31. The molecule has 120 valence electrons. The molecule has 0 spiro atoms. The van der Waals surface area contributed by atoms with Gasteiger partial charge in [-0.15, -0.1) is 0 Å². The first kappa shape index (κ1) is 16.5. The number of amides is 2. The summed E-state index contributed by atoms with van der Waals surface area (Å²) in [6, 6.07) is 13.3. The van der Waals surface area contributed by atoms with Crippen molar-refractivity contribution in [3.63, 3.8) is 0 Å². The molecule has 0 atom stereocenters. The molecular formula is C17H18N2O4. The smallest absolute Gasteiger partial charge is 0.274 e. The number of rotatable bonds is 6. The van der Waals surface area contributed by atoms with E-state index < -0.39 is 5.91 Å². The Labute approximate surface area is 134 Å². The predicted molar refractivity (Wildman–Crippen MR) is 85.9 cm³/mol. The van der Waals surface area contributed by atoms with Crippen LogP contribution in [-0.4, -0.2) is 23.6 Å². The number of carbonyl (C=O) groups excluding carboxylic acids is 2. The lowest BCUT2D eigenvalue weighted by Crippen LogP contribution is -2.19. The van der Waals surface area contributed by atoms with E-state index in [-0.39, 0.29) is 11.5 Å². The molecule has 2 aromatic carbocycles. The summed E-state index contributed by atoms with van der Waals surface area (Å²) in [4.78, 5) is 23.8. The van der Waals surface area contributed by atoms with Gasteiger partial charge in [0.15, 0.2) is 0 Å². The molecule has 2 amide bonds. The highest BCUT2D eigenvalue weighted by atomic mass is 16.5. The van der Waals surface area contributed by atoms with Gasteiger partial charge in [0.25, 0.3) is 11.8 Å². The third-order valence-electron chi connectivity index (χ3n) is 3.09. The lowest BCUT2D eigenvalue weighted by Gasteiger charge is -2.13. The van der Waals surface area contributed by atoms with Gasteiger partial charge in [0.1, 0.15) is 5.75 Å². The number of ether oxygens (including phenoxy) is 1. The molecule has 0 radical (unpaired) electrons. The quantitative estimate of drug-likeness (QED) is 0.565. The van der Waals surface area contributed by atoms with Crippen LogP contribution < -0.4 is 15.5 Å². The molecular weight excluding hydrogens is 296 g/mol. The fourth-order valence-corrected chi connectivity index (χ4v) is 1.96. The second-order valence-electron chi connectivity index (χ2n) is 4.82. The first-order chi connectivity index (χ1) is 11.2. The molecule has 0 aliphatic rings. The van der Waals surface area contributed by atoms with Crippen LogP contribution in [0.4, 0.5) is 5.69 Å². The van der Waals surface area contributed by atoms with Crippen LogP contribution in [-0.2, 0) is 0 Å². The van der Waals surface area contributed by atoms with E-state index in [0.29, 0.717) is 23.6 Å².